The first kappa shape index (κ1) is 24.0. The second-order valence-electron chi connectivity index (χ2n) is 9.67. The van der Waals surface area contributed by atoms with Gasteiger partial charge in [0.15, 0.2) is 0 Å². The van der Waals surface area contributed by atoms with Crippen molar-refractivity contribution in [1.82, 2.24) is 14.7 Å². The van der Waals surface area contributed by atoms with Crippen molar-refractivity contribution in [3.63, 3.8) is 0 Å². The minimum absolute atomic E-state index is 0.0300. The molecule has 6 nitrogen and oxygen atoms in total. The molecule has 2 aromatic carbocycles. The smallest absolute Gasteiger partial charge is 0.254 e. The zero-order chi connectivity index (χ0) is 24.2. The molecule has 6 heteroatoms. The van der Waals surface area contributed by atoms with E-state index in [1.807, 2.05) is 73.1 Å². The number of ether oxygens (including phenoxy) is 1. The van der Waals surface area contributed by atoms with Gasteiger partial charge in [0.1, 0.15) is 5.82 Å². The first-order valence-corrected chi connectivity index (χ1v) is 12.2. The second kappa shape index (κ2) is 10.4. The van der Waals surface area contributed by atoms with E-state index in [2.05, 4.69) is 30.9 Å². The molecular formula is C28H36N4O2. The molecule has 1 fully saturated rings. The number of hydrogen-bond donors (Lipinski definition) is 0. The van der Waals surface area contributed by atoms with Crippen LogP contribution in [0.3, 0.4) is 0 Å². The highest BCUT2D eigenvalue weighted by Crippen LogP contribution is 2.32. The molecule has 0 N–H and O–H groups in total. The van der Waals surface area contributed by atoms with E-state index < -0.39 is 0 Å². The molecule has 1 atom stereocenters. The van der Waals surface area contributed by atoms with E-state index in [0.29, 0.717) is 18.7 Å². The van der Waals surface area contributed by atoms with Crippen LogP contribution in [0.4, 0.5) is 5.82 Å². The number of aryl methyl sites for hydroxylation is 1. The summed E-state index contributed by atoms with van der Waals surface area (Å²) in [5.74, 6) is 1.25. The Kier molecular flexibility index (Phi) is 7.37. The summed E-state index contributed by atoms with van der Waals surface area (Å²) in [6.07, 6.45) is 2.10. The number of hydrogen-bond acceptors (Lipinski definition) is 4. The Morgan fingerprint density at radius 3 is 2.41 bits per heavy atom. The van der Waals surface area contributed by atoms with E-state index in [4.69, 9.17) is 9.84 Å². The lowest BCUT2D eigenvalue weighted by atomic mass is 10.0. The maximum Gasteiger partial charge on any atom is 0.254 e. The Labute approximate surface area is 203 Å². The predicted octanol–water partition coefficient (Wildman–Crippen LogP) is 5.19. The van der Waals surface area contributed by atoms with Crippen LogP contribution in [0.15, 0.2) is 54.6 Å². The van der Waals surface area contributed by atoms with Crippen LogP contribution in [-0.4, -0.2) is 53.9 Å². The van der Waals surface area contributed by atoms with Crippen molar-refractivity contribution in [1.29, 1.82) is 0 Å². The zero-order valence-corrected chi connectivity index (χ0v) is 21.0. The highest BCUT2D eigenvalue weighted by Gasteiger charge is 2.29. The summed E-state index contributed by atoms with van der Waals surface area (Å²) < 4.78 is 7.94. The third-order valence-electron chi connectivity index (χ3n) is 6.34. The Hall–Kier alpha value is -3.12. The second-order valence-corrected chi connectivity index (χ2v) is 9.67. The number of carbonyl (C=O) groups is 1. The highest BCUT2D eigenvalue weighted by atomic mass is 16.5. The normalized spacial score (nSPS) is 15.6. The molecule has 3 aromatic rings. The minimum atomic E-state index is 0.0300. The quantitative estimate of drug-likeness (QED) is 0.464. The van der Waals surface area contributed by atoms with Crippen molar-refractivity contribution < 1.29 is 9.53 Å². The predicted molar refractivity (Wildman–Crippen MR) is 137 cm³/mol. The molecule has 1 amide bonds. The average molecular weight is 461 g/mol. The lowest BCUT2D eigenvalue weighted by Crippen LogP contribution is -2.37. The molecule has 4 rings (SSSR count). The van der Waals surface area contributed by atoms with Gasteiger partial charge in [-0.15, -0.1) is 0 Å². The molecule has 0 saturated carbocycles. The molecule has 0 bridgehead atoms. The summed E-state index contributed by atoms with van der Waals surface area (Å²) in [6.45, 7) is 8.19. The molecule has 1 saturated heterocycles. The summed E-state index contributed by atoms with van der Waals surface area (Å²) in [4.78, 5) is 17.8. The Balaban J connectivity index is 1.77. The molecule has 0 radical (unpaired) electrons. The molecule has 0 aliphatic carbocycles. The monoisotopic (exact) mass is 460 g/mol. The van der Waals surface area contributed by atoms with Gasteiger partial charge in [-0.2, -0.15) is 5.10 Å². The lowest BCUT2D eigenvalue weighted by molar-refractivity contribution is 0.0507. The third kappa shape index (κ3) is 5.17. The van der Waals surface area contributed by atoms with Gasteiger partial charge in [0, 0.05) is 38.4 Å². The van der Waals surface area contributed by atoms with Crippen LogP contribution in [0.2, 0.25) is 0 Å². The van der Waals surface area contributed by atoms with Crippen molar-refractivity contribution in [3.8, 4) is 5.69 Å². The number of rotatable bonds is 8. The molecule has 1 aromatic heterocycles. The number of para-hydroxylation sites is 1. The maximum atomic E-state index is 13.7. The van der Waals surface area contributed by atoms with E-state index in [1.165, 1.54) is 0 Å². The van der Waals surface area contributed by atoms with Crippen LogP contribution in [0.5, 0.6) is 0 Å². The number of amides is 1. The molecule has 34 heavy (non-hydrogen) atoms. The molecule has 0 spiro atoms. The van der Waals surface area contributed by atoms with Crippen molar-refractivity contribution in [2.75, 3.05) is 32.1 Å². The molecule has 2 heterocycles. The van der Waals surface area contributed by atoms with Crippen LogP contribution >= 0.6 is 0 Å². The maximum absolute atomic E-state index is 13.7. The van der Waals surface area contributed by atoms with Gasteiger partial charge >= 0.3 is 0 Å². The topological polar surface area (TPSA) is 50.6 Å². The molecule has 1 aliphatic heterocycles. The summed E-state index contributed by atoms with van der Waals surface area (Å²) in [6, 6.07) is 18.0. The van der Waals surface area contributed by atoms with E-state index in [1.54, 1.807) is 0 Å². The summed E-state index contributed by atoms with van der Waals surface area (Å²) >= 11 is 0. The standard InChI is InChI=1S/C28H36N4O2/c1-20(2)26-25(27(30(4)5)32(29-26)23-10-7-6-8-11-23)19-31(18-24-12-9-17-34-24)28(33)22-15-13-21(3)14-16-22/h6-8,10-11,13-16,20,24H,9,12,17-19H2,1-5H3/t24-/m0/s1. The van der Waals surface area contributed by atoms with Crippen molar-refractivity contribution >= 4 is 11.7 Å². The fraction of sp³-hybridized carbons (Fsp3) is 0.429. The fourth-order valence-corrected chi connectivity index (χ4v) is 4.61. The van der Waals surface area contributed by atoms with Gasteiger partial charge in [0.2, 0.25) is 0 Å². The first-order chi connectivity index (χ1) is 16.3. The Bertz CT molecular complexity index is 1100. The molecule has 0 unspecified atom stereocenters. The summed E-state index contributed by atoms with van der Waals surface area (Å²) in [7, 11) is 4.08. The number of carbonyl (C=O) groups excluding carboxylic acids is 1. The van der Waals surface area contributed by atoms with Crippen LogP contribution in [0, 0.1) is 6.92 Å². The van der Waals surface area contributed by atoms with Gasteiger partial charge in [0.05, 0.1) is 24.0 Å². The Morgan fingerprint density at radius 1 is 1.12 bits per heavy atom. The average Bonchev–Trinajstić information content (AvgIpc) is 3.47. The fourth-order valence-electron chi connectivity index (χ4n) is 4.61. The van der Waals surface area contributed by atoms with Gasteiger partial charge in [0.25, 0.3) is 5.91 Å². The number of aromatic nitrogens is 2. The summed E-state index contributed by atoms with van der Waals surface area (Å²) in [5.41, 5.74) is 4.96. The number of anilines is 1. The van der Waals surface area contributed by atoms with Gasteiger partial charge in [-0.1, -0.05) is 49.7 Å². The molecular weight excluding hydrogens is 424 g/mol. The van der Waals surface area contributed by atoms with Crippen molar-refractivity contribution in [3.05, 3.63) is 77.0 Å². The van der Waals surface area contributed by atoms with E-state index in [-0.39, 0.29) is 17.9 Å². The van der Waals surface area contributed by atoms with Gasteiger partial charge in [-0.25, -0.2) is 4.68 Å². The van der Waals surface area contributed by atoms with Crippen LogP contribution in [-0.2, 0) is 11.3 Å². The molecule has 1 aliphatic rings. The number of benzene rings is 2. The van der Waals surface area contributed by atoms with Crippen LogP contribution < -0.4 is 4.90 Å². The van der Waals surface area contributed by atoms with Gasteiger partial charge in [-0.05, 0) is 49.9 Å². The van der Waals surface area contributed by atoms with Crippen LogP contribution in [0.1, 0.15) is 59.8 Å². The van der Waals surface area contributed by atoms with Gasteiger partial charge < -0.3 is 14.5 Å². The van der Waals surface area contributed by atoms with E-state index >= 15 is 0 Å². The van der Waals surface area contributed by atoms with Crippen molar-refractivity contribution in [2.24, 2.45) is 0 Å². The van der Waals surface area contributed by atoms with E-state index in [0.717, 1.165) is 47.8 Å². The highest BCUT2D eigenvalue weighted by molar-refractivity contribution is 5.94. The summed E-state index contributed by atoms with van der Waals surface area (Å²) in [5, 5.41) is 5.04. The lowest BCUT2D eigenvalue weighted by Gasteiger charge is -2.27. The zero-order valence-electron chi connectivity index (χ0n) is 21.0. The third-order valence-corrected chi connectivity index (χ3v) is 6.34. The Morgan fingerprint density at radius 2 is 1.82 bits per heavy atom. The van der Waals surface area contributed by atoms with Crippen molar-refractivity contribution in [2.45, 2.75) is 52.2 Å². The molecule has 180 valence electrons. The van der Waals surface area contributed by atoms with Gasteiger partial charge in [-0.3, -0.25) is 4.79 Å². The minimum Gasteiger partial charge on any atom is -0.376 e. The van der Waals surface area contributed by atoms with Crippen LogP contribution in [0.25, 0.3) is 5.69 Å². The number of nitrogens with zero attached hydrogens (tertiary/aromatic N) is 4. The first-order valence-electron chi connectivity index (χ1n) is 12.2. The largest absolute Gasteiger partial charge is 0.376 e. The van der Waals surface area contributed by atoms with E-state index in [9.17, 15) is 4.79 Å². The SMILES string of the molecule is Cc1ccc(C(=O)N(Cc2c(C(C)C)nn(-c3ccccc3)c2N(C)C)C[C@@H]2CCCO2)cc1.